The highest BCUT2D eigenvalue weighted by molar-refractivity contribution is 6.32. The van der Waals surface area contributed by atoms with Crippen LogP contribution in [0.2, 0.25) is 5.02 Å². The molecule has 0 unspecified atom stereocenters. The molecule has 0 bridgehead atoms. The molecular formula is C18H9ClF3NO3. The van der Waals surface area contributed by atoms with E-state index in [1.807, 2.05) is 0 Å². The quantitative estimate of drug-likeness (QED) is 0.422. The van der Waals surface area contributed by atoms with E-state index in [2.05, 4.69) is 5.32 Å². The third-order valence-electron chi connectivity index (χ3n) is 4.07. The summed E-state index contributed by atoms with van der Waals surface area (Å²) in [4.78, 5) is 11.4. The van der Waals surface area contributed by atoms with Gasteiger partial charge in [0.05, 0.1) is 27.5 Å². The van der Waals surface area contributed by atoms with Crippen molar-refractivity contribution in [1.82, 2.24) is 0 Å². The largest absolute Gasteiger partial charge is 0.478 e. The Kier molecular flexibility index (Phi) is 3.52. The number of nitrogens with one attached hydrogen (secondary N) is 1. The fourth-order valence-electron chi connectivity index (χ4n) is 2.88. The second-order valence-electron chi connectivity index (χ2n) is 5.74. The van der Waals surface area contributed by atoms with Crippen molar-refractivity contribution in [3.63, 3.8) is 0 Å². The summed E-state index contributed by atoms with van der Waals surface area (Å²) in [5, 5.41) is 12.6. The summed E-state index contributed by atoms with van der Waals surface area (Å²) in [5.74, 6) is -0.466. The van der Waals surface area contributed by atoms with Crippen LogP contribution in [0.5, 0.6) is 11.5 Å². The molecule has 0 fully saturated rings. The molecule has 8 heteroatoms. The van der Waals surface area contributed by atoms with Crippen molar-refractivity contribution in [2.24, 2.45) is 0 Å². The maximum absolute atomic E-state index is 13.1. The summed E-state index contributed by atoms with van der Waals surface area (Å²) in [6.07, 6.45) is -4.58. The Morgan fingerprint density at radius 1 is 1.08 bits per heavy atom. The average molecular weight is 380 g/mol. The summed E-state index contributed by atoms with van der Waals surface area (Å²) in [6.45, 7) is 0. The van der Waals surface area contributed by atoms with Gasteiger partial charge in [-0.25, -0.2) is 4.79 Å². The Morgan fingerprint density at radius 2 is 1.81 bits per heavy atom. The van der Waals surface area contributed by atoms with Crippen molar-refractivity contribution in [2.45, 2.75) is 6.18 Å². The minimum absolute atomic E-state index is 0.000309. The number of anilines is 2. The van der Waals surface area contributed by atoms with E-state index in [0.717, 1.165) is 6.07 Å². The molecule has 0 aromatic heterocycles. The minimum atomic E-state index is -4.58. The lowest BCUT2D eigenvalue weighted by atomic mass is 10.0. The molecule has 0 saturated carbocycles. The van der Waals surface area contributed by atoms with Crippen LogP contribution in [0, 0.1) is 0 Å². The molecule has 3 aromatic carbocycles. The first-order valence-electron chi connectivity index (χ1n) is 7.40. The second-order valence-corrected chi connectivity index (χ2v) is 6.14. The average Bonchev–Trinajstić information content (AvgIpc) is 2.56. The number of rotatable bonds is 1. The molecule has 26 heavy (non-hydrogen) atoms. The zero-order valence-corrected chi connectivity index (χ0v) is 13.6. The number of alkyl halides is 3. The van der Waals surface area contributed by atoms with Gasteiger partial charge in [0.25, 0.3) is 0 Å². The monoisotopic (exact) mass is 379 g/mol. The first-order chi connectivity index (χ1) is 12.2. The van der Waals surface area contributed by atoms with E-state index in [-0.39, 0.29) is 11.3 Å². The highest BCUT2D eigenvalue weighted by atomic mass is 35.5. The van der Waals surface area contributed by atoms with Gasteiger partial charge < -0.3 is 15.2 Å². The van der Waals surface area contributed by atoms with E-state index in [1.165, 1.54) is 18.2 Å². The van der Waals surface area contributed by atoms with E-state index < -0.39 is 22.7 Å². The summed E-state index contributed by atoms with van der Waals surface area (Å²) in [7, 11) is 0. The van der Waals surface area contributed by atoms with E-state index in [9.17, 15) is 23.1 Å². The van der Waals surface area contributed by atoms with E-state index in [1.54, 1.807) is 18.2 Å². The number of carboxylic acid groups (broad SMARTS) is 1. The fourth-order valence-corrected chi connectivity index (χ4v) is 3.16. The Hall–Kier alpha value is -2.93. The molecule has 3 aromatic rings. The first kappa shape index (κ1) is 16.5. The molecule has 1 aliphatic rings. The van der Waals surface area contributed by atoms with Gasteiger partial charge in [-0.3, -0.25) is 0 Å². The molecular weight excluding hydrogens is 371 g/mol. The molecule has 0 atom stereocenters. The van der Waals surface area contributed by atoms with Crippen molar-refractivity contribution in [2.75, 3.05) is 5.32 Å². The molecule has 0 spiro atoms. The first-order valence-corrected chi connectivity index (χ1v) is 7.77. The minimum Gasteiger partial charge on any atom is -0.478 e. The van der Waals surface area contributed by atoms with Crippen molar-refractivity contribution < 1.29 is 27.8 Å². The highest BCUT2D eigenvalue weighted by Gasteiger charge is 2.33. The van der Waals surface area contributed by atoms with Gasteiger partial charge in [-0.15, -0.1) is 0 Å². The molecule has 1 heterocycles. The zero-order chi connectivity index (χ0) is 18.6. The molecule has 4 rings (SSSR count). The van der Waals surface area contributed by atoms with E-state index in [0.29, 0.717) is 28.0 Å². The van der Waals surface area contributed by atoms with Gasteiger partial charge in [0, 0.05) is 0 Å². The van der Waals surface area contributed by atoms with Crippen LogP contribution in [0.3, 0.4) is 0 Å². The lowest BCUT2D eigenvalue weighted by molar-refractivity contribution is -0.137. The van der Waals surface area contributed by atoms with Gasteiger partial charge in [0.2, 0.25) is 0 Å². The van der Waals surface area contributed by atoms with Crippen LogP contribution < -0.4 is 10.1 Å². The number of ether oxygens (including phenoxy) is 1. The van der Waals surface area contributed by atoms with Crippen LogP contribution in [-0.4, -0.2) is 11.1 Å². The van der Waals surface area contributed by atoms with Crippen molar-refractivity contribution in [3.05, 3.63) is 58.6 Å². The summed E-state index contributed by atoms with van der Waals surface area (Å²) in [5.41, 5.74) is -0.318. The number of benzene rings is 3. The van der Waals surface area contributed by atoms with Gasteiger partial charge >= 0.3 is 12.1 Å². The number of halogens is 4. The number of aromatic carboxylic acids is 1. The second kappa shape index (κ2) is 5.54. The molecule has 4 nitrogen and oxygen atoms in total. The third-order valence-corrected chi connectivity index (χ3v) is 4.38. The molecule has 132 valence electrons. The van der Waals surface area contributed by atoms with Gasteiger partial charge in [-0.2, -0.15) is 13.2 Å². The smallest absolute Gasteiger partial charge is 0.417 e. The van der Waals surface area contributed by atoms with Crippen molar-refractivity contribution >= 4 is 39.7 Å². The SMILES string of the molecule is O=C(O)c1cccc2c1Nc1cc3cc(C(F)(F)F)c(Cl)cc3cc1O2. The number of hydrogen-bond donors (Lipinski definition) is 2. The number of carboxylic acids is 1. The maximum atomic E-state index is 13.1. The van der Waals surface area contributed by atoms with Crippen molar-refractivity contribution in [1.29, 1.82) is 0 Å². The third kappa shape index (κ3) is 2.61. The molecule has 2 N–H and O–H groups in total. The predicted molar refractivity (Wildman–Crippen MR) is 90.7 cm³/mol. The van der Waals surface area contributed by atoms with Crippen LogP contribution in [0.25, 0.3) is 10.8 Å². The van der Waals surface area contributed by atoms with Crippen molar-refractivity contribution in [3.8, 4) is 11.5 Å². The zero-order valence-electron chi connectivity index (χ0n) is 12.8. The van der Waals surface area contributed by atoms with Crippen LogP contribution >= 0.6 is 11.6 Å². The Labute approximate surface area is 149 Å². The molecule has 0 radical (unpaired) electrons. The fraction of sp³-hybridized carbons (Fsp3) is 0.0556. The topological polar surface area (TPSA) is 58.6 Å². The standard InChI is InChI=1S/C18H9ClF3NO3/c19-12-5-9-7-15-13(6-8(9)4-11(12)18(20,21)22)23-16-10(17(24)25)2-1-3-14(16)26-15/h1-7,23H,(H,24,25). The number of fused-ring (bicyclic) bond motifs is 3. The lowest BCUT2D eigenvalue weighted by Gasteiger charge is -2.24. The normalized spacial score (nSPS) is 12.8. The predicted octanol–water partition coefficient (Wildman–Crippen LogP) is 6.06. The summed E-state index contributed by atoms with van der Waals surface area (Å²) >= 11 is 5.77. The Balaban J connectivity index is 1.88. The van der Waals surface area contributed by atoms with Crippen LogP contribution in [0.15, 0.2) is 42.5 Å². The molecule has 0 aliphatic carbocycles. The molecule has 1 aliphatic heterocycles. The van der Waals surface area contributed by atoms with Crippen LogP contribution in [0.1, 0.15) is 15.9 Å². The summed E-state index contributed by atoms with van der Waals surface area (Å²) < 4.78 is 44.9. The summed E-state index contributed by atoms with van der Waals surface area (Å²) in [6, 6.07) is 9.76. The van der Waals surface area contributed by atoms with Gasteiger partial charge in [-0.05, 0) is 47.2 Å². The van der Waals surface area contributed by atoms with Gasteiger partial charge in [-0.1, -0.05) is 17.7 Å². The Morgan fingerprint density at radius 3 is 2.50 bits per heavy atom. The maximum Gasteiger partial charge on any atom is 0.417 e. The Bertz CT molecular complexity index is 1080. The highest BCUT2D eigenvalue weighted by Crippen LogP contribution is 2.46. The van der Waals surface area contributed by atoms with E-state index >= 15 is 0 Å². The van der Waals surface area contributed by atoms with Gasteiger partial charge in [0.1, 0.15) is 0 Å². The van der Waals surface area contributed by atoms with Crippen LogP contribution in [0.4, 0.5) is 24.5 Å². The number of carbonyl (C=O) groups is 1. The number of para-hydroxylation sites is 1. The number of hydrogen-bond acceptors (Lipinski definition) is 3. The lowest BCUT2D eigenvalue weighted by Crippen LogP contribution is -2.09. The molecule has 0 amide bonds. The van der Waals surface area contributed by atoms with Gasteiger partial charge in [0.15, 0.2) is 11.5 Å². The van der Waals surface area contributed by atoms with Crippen LogP contribution in [-0.2, 0) is 6.18 Å². The van der Waals surface area contributed by atoms with E-state index in [4.69, 9.17) is 16.3 Å². The molecule has 0 saturated heterocycles.